The van der Waals surface area contributed by atoms with Crippen molar-refractivity contribution in [3.63, 3.8) is 0 Å². The molecule has 0 saturated heterocycles. The molecule has 0 saturated carbocycles. The zero-order valence-corrected chi connectivity index (χ0v) is 14.8. The van der Waals surface area contributed by atoms with E-state index in [9.17, 15) is 4.79 Å². The maximum absolute atomic E-state index is 11.2. The predicted octanol–water partition coefficient (Wildman–Crippen LogP) is 2.55. The number of rotatable bonds is 5. The van der Waals surface area contributed by atoms with Gasteiger partial charge in [0.2, 0.25) is 5.91 Å². The zero-order chi connectivity index (χ0) is 18.8. The highest BCUT2D eigenvalue weighted by atomic mass is 16.1. The molecule has 0 bridgehead atoms. The lowest BCUT2D eigenvalue weighted by molar-refractivity contribution is 0.100. The van der Waals surface area contributed by atoms with Crippen LogP contribution in [0.15, 0.2) is 67.1 Å². The molecular formula is C20H18N6O. The molecule has 27 heavy (non-hydrogen) atoms. The molecule has 0 fully saturated rings. The number of amides is 1. The lowest BCUT2D eigenvalue weighted by Crippen LogP contribution is -2.18. The minimum absolute atomic E-state index is 0.430. The third kappa shape index (κ3) is 3.22. The summed E-state index contributed by atoms with van der Waals surface area (Å²) < 4.78 is 1.80. The Morgan fingerprint density at radius 3 is 2.52 bits per heavy atom. The van der Waals surface area contributed by atoms with E-state index in [1.807, 2.05) is 54.4 Å². The topological polar surface area (TPSA) is 89.9 Å². The molecule has 0 unspecified atom stereocenters. The highest BCUT2D eigenvalue weighted by molar-refractivity contribution is 5.92. The van der Waals surface area contributed by atoms with E-state index in [1.54, 1.807) is 29.3 Å². The van der Waals surface area contributed by atoms with Crippen LogP contribution in [0.25, 0.3) is 16.7 Å². The van der Waals surface area contributed by atoms with Crippen molar-refractivity contribution in [3.05, 3.63) is 78.2 Å². The van der Waals surface area contributed by atoms with Crippen LogP contribution in [-0.4, -0.2) is 32.7 Å². The van der Waals surface area contributed by atoms with Crippen LogP contribution in [0.3, 0.4) is 0 Å². The molecule has 7 nitrogen and oxygen atoms in total. The fraction of sp³-hybridized carbons (Fsp3) is 0.100. The molecule has 2 aromatic heterocycles. The maximum Gasteiger partial charge on any atom is 0.248 e. The fourth-order valence-corrected chi connectivity index (χ4v) is 3.02. The Morgan fingerprint density at radius 1 is 1.07 bits per heavy atom. The molecule has 134 valence electrons. The molecule has 0 spiro atoms. The van der Waals surface area contributed by atoms with Crippen molar-refractivity contribution in [3.8, 4) is 5.69 Å². The zero-order valence-electron chi connectivity index (χ0n) is 14.8. The Bertz CT molecular complexity index is 1090. The van der Waals surface area contributed by atoms with Gasteiger partial charge in [0, 0.05) is 19.2 Å². The molecule has 0 aliphatic rings. The van der Waals surface area contributed by atoms with Gasteiger partial charge in [0.1, 0.15) is 12.1 Å². The summed E-state index contributed by atoms with van der Waals surface area (Å²) in [5, 5.41) is 5.36. The van der Waals surface area contributed by atoms with Gasteiger partial charge < -0.3 is 10.6 Å². The lowest BCUT2D eigenvalue weighted by atomic mass is 10.1. The predicted molar refractivity (Wildman–Crippen MR) is 104 cm³/mol. The first-order chi connectivity index (χ1) is 13.1. The summed E-state index contributed by atoms with van der Waals surface area (Å²) in [6, 6.07) is 17.1. The largest absolute Gasteiger partial charge is 0.366 e. The number of aromatic nitrogens is 4. The van der Waals surface area contributed by atoms with Crippen LogP contribution in [0.1, 0.15) is 15.9 Å². The van der Waals surface area contributed by atoms with E-state index in [2.05, 4.69) is 15.1 Å². The van der Waals surface area contributed by atoms with Crippen molar-refractivity contribution in [1.29, 1.82) is 0 Å². The summed E-state index contributed by atoms with van der Waals surface area (Å²) in [5.41, 5.74) is 8.53. The van der Waals surface area contributed by atoms with E-state index in [1.165, 1.54) is 0 Å². The molecule has 4 aromatic rings. The summed E-state index contributed by atoms with van der Waals surface area (Å²) in [7, 11) is 1.96. The number of benzene rings is 2. The third-order valence-corrected chi connectivity index (χ3v) is 4.37. The first-order valence-electron chi connectivity index (χ1n) is 8.47. The van der Waals surface area contributed by atoms with E-state index in [4.69, 9.17) is 5.73 Å². The Hall–Kier alpha value is -3.74. The van der Waals surface area contributed by atoms with Crippen molar-refractivity contribution in [1.82, 2.24) is 19.7 Å². The van der Waals surface area contributed by atoms with E-state index >= 15 is 0 Å². The van der Waals surface area contributed by atoms with E-state index < -0.39 is 5.91 Å². The van der Waals surface area contributed by atoms with Crippen LogP contribution in [0.5, 0.6) is 0 Å². The van der Waals surface area contributed by atoms with E-state index in [-0.39, 0.29) is 0 Å². The molecule has 0 aliphatic heterocycles. The summed E-state index contributed by atoms with van der Waals surface area (Å²) in [5.74, 6) is 0.363. The minimum Gasteiger partial charge on any atom is -0.366 e. The van der Waals surface area contributed by atoms with Crippen LogP contribution in [0.2, 0.25) is 0 Å². The monoisotopic (exact) mass is 358 g/mol. The smallest absolute Gasteiger partial charge is 0.248 e. The van der Waals surface area contributed by atoms with Crippen LogP contribution >= 0.6 is 0 Å². The summed E-state index contributed by atoms with van der Waals surface area (Å²) >= 11 is 0. The van der Waals surface area contributed by atoms with Crippen molar-refractivity contribution in [2.45, 2.75) is 6.54 Å². The quantitative estimate of drug-likeness (QED) is 0.592. The number of fused-ring (bicyclic) bond motifs is 1. The van der Waals surface area contributed by atoms with Gasteiger partial charge >= 0.3 is 0 Å². The van der Waals surface area contributed by atoms with Gasteiger partial charge in [-0.25, -0.2) is 14.6 Å². The van der Waals surface area contributed by atoms with Gasteiger partial charge in [-0.15, -0.1) is 0 Å². The van der Waals surface area contributed by atoms with Gasteiger partial charge in [0.05, 0.1) is 17.3 Å². The van der Waals surface area contributed by atoms with E-state index in [0.717, 1.165) is 28.1 Å². The van der Waals surface area contributed by atoms with Gasteiger partial charge in [-0.2, -0.15) is 5.10 Å². The van der Waals surface area contributed by atoms with Gasteiger partial charge in [-0.3, -0.25) is 4.79 Å². The second-order valence-corrected chi connectivity index (χ2v) is 6.24. The Labute approximate surface area is 156 Å². The molecule has 0 radical (unpaired) electrons. The second-order valence-electron chi connectivity index (χ2n) is 6.24. The fourth-order valence-electron chi connectivity index (χ4n) is 3.02. The lowest BCUT2D eigenvalue weighted by Gasteiger charge is -2.18. The number of para-hydroxylation sites is 1. The molecule has 7 heteroatoms. The third-order valence-electron chi connectivity index (χ3n) is 4.37. The SMILES string of the molecule is CN(Cc1ccc(C(N)=O)cc1)c1ncnc2c1cnn2-c1ccccc1. The first kappa shape index (κ1) is 16.7. The number of hydrogen-bond acceptors (Lipinski definition) is 5. The number of carbonyl (C=O) groups excluding carboxylic acids is 1. The van der Waals surface area contributed by atoms with Gasteiger partial charge in [-0.05, 0) is 29.8 Å². The summed E-state index contributed by atoms with van der Waals surface area (Å²) in [6.07, 6.45) is 3.33. The van der Waals surface area contributed by atoms with Gasteiger partial charge in [-0.1, -0.05) is 30.3 Å². The molecule has 1 amide bonds. The highest BCUT2D eigenvalue weighted by Gasteiger charge is 2.14. The molecule has 2 aromatic carbocycles. The van der Waals surface area contributed by atoms with Crippen molar-refractivity contribution in [2.24, 2.45) is 5.73 Å². The average Bonchev–Trinajstić information content (AvgIpc) is 3.13. The molecule has 0 atom stereocenters. The van der Waals surface area contributed by atoms with Crippen LogP contribution < -0.4 is 10.6 Å². The number of primary amides is 1. The average molecular weight is 358 g/mol. The first-order valence-corrected chi connectivity index (χ1v) is 8.47. The standard InChI is InChI=1S/C20H18N6O/c1-25(12-14-7-9-15(10-8-14)18(21)27)19-17-11-24-26(20(17)23-13-22-19)16-5-3-2-4-6-16/h2-11,13H,12H2,1H3,(H2,21,27). The van der Waals surface area contributed by atoms with Gasteiger partial charge in [0.25, 0.3) is 0 Å². The summed E-state index contributed by atoms with van der Waals surface area (Å²) in [6.45, 7) is 0.627. The number of nitrogens with zero attached hydrogens (tertiary/aromatic N) is 5. The van der Waals surface area contributed by atoms with Crippen molar-refractivity contribution >= 4 is 22.8 Å². The van der Waals surface area contributed by atoms with Gasteiger partial charge in [0.15, 0.2) is 5.65 Å². The Morgan fingerprint density at radius 2 is 1.81 bits per heavy atom. The van der Waals surface area contributed by atoms with Crippen molar-refractivity contribution in [2.75, 3.05) is 11.9 Å². The normalized spacial score (nSPS) is 10.9. The molecular weight excluding hydrogens is 340 g/mol. The van der Waals surface area contributed by atoms with Crippen LogP contribution in [-0.2, 0) is 6.54 Å². The molecule has 4 rings (SSSR count). The molecule has 0 aliphatic carbocycles. The second kappa shape index (κ2) is 6.87. The minimum atomic E-state index is -0.430. The molecule has 2 heterocycles. The summed E-state index contributed by atoms with van der Waals surface area (Å²) in [4.78, 5) is 22.1. The number of hydrogen-bond donors (Lipinski definition) is 1. The Kier molecular flexibility index (Phi) is 4.25. The van der Waals surface area contributed by atoms with Crippen LogP contribution in [0, 0.1) is 0 Å². The molecule has 2 N–H and O–H groups in total. The Balaban J connectivity index is 1.65. The maximum atomic E-state index is 11.2. The number of nitrogens with two attached hydrogens (primary N) is 1. The number of anilines is 1. The highest BCUT2D eigenvalue weighted by Crippen LogP contribution is 2.24. The number of carbonyl (C=O) groups is 1. The van der Waals surface area contributed by atoms with Crippen LogP contribution in [0.4, 0.5) is 5.82 Å². The van der Waals surface area contributed by atoms with Crippen molar-refractivity contribution < 1.29 is 4.79 Å². The van der Waals surface area contributed by atoms with E-state index in [0.29, 0.717) is 12.1 Å².